The van der Waals surface area contributed by atoms with Crippen LogP contribution in [0.5, 0.6) is 17.2 Å². The van der Waals surface area contributed by atoms with E-state index in [1.54, 1.807) is 18.2 Å². The van der Waals surface area contributed by atoms with Crippen molar-refractivity contribution in [2.45, 2.75) is 71.4 Å². The molecule has 0 aliphatic carbocycles. The Kier molecular flexibility index (Phi) is 9.20. The average molecular weight is 493 g/mol. The van der Waals surface area contributed by atoms with Crippen molar-refractivity contribution in [2.24, 2.45) is 0 Å². The van der Waals surface area contributed by atoms with Crippen LogP contribution in [-0.4, -0.2) is 36.7 Å². The molecule has 6 heteroatoms. The van der Waals surface area contributed by atoms with E-state index in [-0.39, 0.29) is 29.7 Å². The van der Waals surface area contributed by atoms with Gasteiger partial charge in [0.25, 0.3) is 0 Å². The van der Waals surface area contributed by atoms with E-state index < -0.39 is 0 Å². The van der Waals surface area contributed by atoms with Gasteiger partial charge >= 0.3 is 0 Å². The number of hydrogen-bond donors (Lipinski definition) is 1. The second-order valence-electron chi connectivity index (χ2n) is 9.56. The number of hydrogen-bond acceptors (Lipinski definition) is 6. The van der Waals surface area contributed by atoms with E-state index in [2.05, 4.69) is 19.9 Å². The van der Waals surface area contributed by atoms with Crippen LogP contribution < -0.4 is 9.47 Å². The van der Waals surface area contributed by atoms with Gasteiger partial charge in [-0.25, -0.2) is 0 Å². The lowest BCUT2D eigenvalue weighted by Crippen LogP contribution is -2.25. The smallest absolute Gasteiger partial charge is 0.199 e. The van der Waals surface area contributed by atoms with Crippen molar-refractivity contribution in [3.8, 4) is 17.2 Å². The third-order valence-corrected chi connectivity index (χ3v) is 6.28. The third kappa shape index (κ3) is 7.45. The Morgan fingerprint density at radius 1 is 0.972 bits per heavy atom. The number of phenols is 1. The van der Waals surface area contributed by atoms with E-state index in [1.807, 2.05) is 18.2 Å². The molecule has 0 radical (unpaired) electrons. The molecule has 2 atom stereocenters. The van der Waals surface area contributed by atoms with Gasteiger partial charge < -0.3 is 24.1 Å². The molecule has 2 heterocycles. The largest absolute Gasteiger partial charge is 0.507 e. The molecule has 4 rings (SSSR count). The second kappa shape index (κ2) is 12.7. The first-order valence-corrected chi connectivity index (χ1v) is 12.9. The molecule has 6 nitrogen and oxygen atoms in total. The van der Waals surface area contributed by atoms with Crippen molar-refractivity contribution in [2.75, 3.05) is 13.2 Å². The predicted molar refractivity (Wildman–Crippen MR) is 139 cm³/mol. The molecular weight excluding hydrogens is 456 g/mol. The number of carbonyl (C=O) groups excluding carboxylic acids is 1. The van der Waals surface area contributed by atoms with Gasteiger partial charge in [-0.05, 0) is 87.4 Å². The van der Waals surface area contributed by atoms with Gasteiger partial charge in [-0.1, -0.05) is 23.8 Å². The highest BCUT2D eigenvalue weighted by Crippen LogP contribution is 2.28. The summed E-state index contributed by atoms with van der Waals surface area (Å²) in [6.45, 7) is 5.54. The van der Waals surface area contributed by atoms with E-state index in [4.69, 9.17) is 18.9 Å². The molecule has 2 saturated heterocycles. The lowest BCUT2D eigenvalue weighted by Gasteiger charge is -2.24. The summed E-state index contributed by atoms with van der Waals surface area (Å²) in [5.74, 6) is 0.896. The van der Waals surface area contributed by atoms with Gasteiger partial charge in [0, 0.05) is 18.9 Å². The first kappa shape index (κ1) is 26.0. The van der Waals surface area contributed by atoms with E-state index in [1.165, 1.54) is 17.7 Å². The summed E-state index contributed by atoms with van der Waals surface area (Å²) in [5, 5.41) is 10.4. The quantitative estimate of drug-likeness (QED) is 0.241. The van der Waals surface area contributed by atoms with Crippen molar-refractivity contribution in [3.63, 3.8) is 0 Å². The van der Waals surface area contributed by atoms with Crippen molar-refractivity contribution < 1.29 is 28.8 Å². The summed E-state index contributed by atoms with van der Waals surface area (Å²) >= 11 is 0. The number of ketones is 1. The number of carbonyl (C=O) groups is 1. The summed E-state index contributed by atoms with van der Waals surface area (Å²) in [6, 6.07) is 10.6. The topological polar surface area (TPSA) is 74.2 Å². The predicted octanol–water partition coefficient (Wildman–Crippen LogP) is 6.61. The maximum Gasteiger partial charge on any atom is 0.199 e. The number of ether oxygens (including phenoxy) is 4. The van der Waals surface area contributed by atoms with Crippen LogP contribution in [0.15, 0.2) is 54.1 Å². The maximum absolute atomic E-state index is 12.8. The fraction of sp³-hybridized carbons (Fsp3) is 0.433. The molecule has 36 heavy (non-hydrogen) atoms. The van der Waals surface area contributed by atoms with Gasteiger partial charge in [-0.3, -0.25) is 4.79 Å². The normalized spacial score (nSPS) is 20.2. The minimum absolute atomic E-state index is 0.113. The molecule has 0 spiro atoms. The number of aromatic hydroxyl groups is 1. The molecule has 2 aliphatic heterocycles. The zero-order valence-corrected chi connectivity index (χ0v) is 21.2. The minimum atomic E-state index is -0.309. The molecule has 2 aliphatic rings. The maximum atomic E-state index is 12.8. The SMILES string of the molecule is CC(C)=CCc1cc(/C=C/C(=O)c2ccc(OC3CCCCO3)cc2O)ccc1OC1CCCCO1. The Morgan fingerprint density at radius 3 is 2.33 bits per heavy atom. The summed E-state index contributed by atoms with van der Waals surface area (Å²) in [4.78, 5) is 12.8. The standard InChI is InChI=1S/C30H36O6/c1-21(2)9-12-23-19-22(11-16-28(23)36-30-8-4-6-18-34-30)10-15-26(31)25-14-13-24(20-27(25)32)35-29-7-3-5-17-33-29/h9-11,13-16,19-20,29-30,32H,3-8,12,17-18H2,1-2H3/b15-10+. The van der Waals surface area contributed by atoms with Crippen LogP contribution in [-0.2, 0) is 15.9 Å². The second-order valence-corrected chi connectivity index (χ2v) is 9.56. The van der Waals surface area contributed by atoms with Crippen LogP contribution in [0.25, 0.3) is 6.08 Å². The van der Waals surface area contributed by atoms with Crippen LogP contribution >= 0.6 is 0 Å². The zero-order chi connectivity index (χ0) is 25.3. The molecule has 2 aromatic rings. The summed E-state index contributed by atoms with van der Waals surface area (Å²) in [6.07, 6.45) is 11.6. The van der Waals surface area contributed by atoms with Crippen LogP contribution in [0.4, 0.5) is 0 Å². The van der Waals surface area contributed by atoms with Crippen molar-refractivity contribution in [1.29, 1.82) is 0 Å². The molecule has 2 fully saturated rings. The molecule has 0 saturated carbocycles. The van der Waals surface area contributed by atoms with E-state index in [9.17, 15) is 9.90 Å². The molecule has 0 amide bonds. The summed E-state index contributed by atoms with van der Waals surface area (Å²) in [5.41, 5.74) is 3.37. The van der Waals surface area contributed by atoms with Crippen LogP contribution in [0.1, 0.15) is 73.9 Å². The Balaban J connectivity index is 1.45. The summed E-state index contributed by atoms with van der Waals surface area (Å²) < 4.78 is 23.3. The Labute approximate surface area is 213 Å². The van der Waals surface area contributed by atoms with E-state index >= 15 is 0 Å². The summed E-state index contributed by atoms with van der Waals surface area (Å²) in [7, 11) is 0. The van der Waals surface area contributed by atoms with Crippen LogP contribution in [0, 0.1) is 0 Å². The van der Waals surface area contributed by atoms with Crippen molar-refractivity contribution in [1.82, 2.24) is 0 Å². The zero-order valence-electron chi connectivity index (χ0n) is 21.2. The van der Waals surface area contributed by atoms with E-state index in [0.29, 0.717) is 12.4 Å². The Morgan fingerprint density at radius 2 is 1.69 bits per heavy atom. The molecule has 2 aromatic carbocycles. The van der Waals surface area contributed by atoms with Gasteiger partial charge in [-0.2, -0.15) is 0 Å². The third-order valence-electron chi connectivity index (χ3n) is 6.28. The monoisotopic (exact) mass is 492 g/mol. The number of phenolic OH excluding ortho intramolecular Hbond substituents is 1. The van der Waals surface area contributed by atoms with Gasteiger partial charge in [0.2, 0.25) is 0 Å². The van der Waals surface area contributed by atoms with Crippen molar-refractivity contribution >= 4 is 11.9 Å². The molecule has 192 valence electrons. The number of rotatable bonds is 9. The molecule has 1 N–H and O–H groups in total. The van der Waals surface area contributed by atoms with Crippen LogP contribution in [0.3, 0.4) is 0 Å². The van der Waals surface area contributed by atoms with E-state index in [0.717, 1.165) is 68.4 Å². The Hall–Kier alpha value is -3.09. The highest BCUT2D eigenvalue weighted by atomic mass is 16.7. The lowest BCUT2D eigenvalue weighted by atomic mass is 10.0. The van der Waals surface area contributed by atoms with Crippen molar-refractivity contribution in [3.05, 3.63) is 70.8 Å². The van der Waals surface area contributed by atoms with Gasteiger partial charge in [0.1, 0.15) is 17.2 Å². The lowest BCUT2D eigenvalue weighted by molar-refractivity contribution is -0.106. The molecule has 2 unspecified atom stereocenters. The molecular formula is C30H36O6. The highest BCUT2D eigenvalue weighted by molar-refractivity contribution is 6.08. The highest BCUT2D eigenvalue weighted by Gasteiger charge is 2.18. The first-order valence-electron chi connectivity index (χ1n) is 12.9. The minimum Gasteiger partial charge on any atom is -0.507 e. The molecule has 0 bridgehead atoms. The first-order chi connectivity index (χ1) is 17.5. The van der Waals surface area contributed by atoms with Crippen LogP contribution in [0.2, 0.25) is 0 Å². The fourth-order valence-corrected chi connectivity index (χ4v) is 4.25. The van der Waals surface area contributed by atoms with Gasteiger partial charge in [0.15, 0.2) is 18.4 Å². The fourth-order valence-electron chi connectivity index (χ4n) is 4.25. The van der Waals surface area contributed by atoms with Gasteiger partial charge in [0.05, 0.1) is 18.8 Å². The number of benzene rings is 2. The molecule has 0 aromatic heterocycles. The Bertz CT molecular complexity index is 1090. The number of allylic oxidation sites excluding steroid dienone is 3. The average Bonchev–Trinajstić information content (AvgIpc) is 2.88. The van der Waals surface area contributed by atoms with Gasteiger partial charge in [-0.15, -0.1) is 0 Å².